The van der Waals surface area contributed by atoms with Gasteiger partial charge in [-0.3, -0.25) is 4.72 Å². The van der Waals surface area contributed by atoms with Crippen LogP contribution in [0.15, 0.2) is 41.3 Å². The SMILES string of the molecule is Cc1cc(Cl)ccc1NS(=O)(=O)c1ccc(Cl)cc1F. The van der Waals surface area contributed by atoms with Gasteiger partial charge in [0.15, 0.2) is 0 Å². The standard InChI is InChI=1S/C13H10Cl2FNO2S/c1-8-6-9(14)2-4-12(8)17-20(18,19)13-5-3-10(15)7-11(13)16/h2-7,17H,1H3. The van der Waals surface area contributed by atoms with Crippen molar-refractivity contribution in [1.82, 2.24) is 0 Å². The van der Waals surface area contributed by atoms with Crippen LogP contribution in [0.25, 0.3) is 0 Å². The Morgan fingerprint density at radius 3 is 2.25 bits per heavy atom. The normalized spacial score (nSPS) is 11.4. The van der Waals surface area contributed by atoms with Crippen LogP contribution in [-0.2, 0) is 10.0 Å². The molecule has 0 heterocycles. The van der Waals surface area contributed by atoms with Gasteiger partial charge in [0.1, 0.15) is 10.7 Å². The minimum absolute atomic E-state index is 0.129. The van der Waals surface area contributed by atoms with Crippen LogP contribution < -0.4 is 4.72 Å². The third-order valence-corrected chi connectivity index (χ3v) is 4.49. The van der Waals surface area contributed by atoms with E-state index >= 15 is 0 Å². The number of rotatable bonds is 3. The fourth-order valence-electron chi connectivity index (χ4n) is 1.63. The van der Waals surface area contributed by atoms with Crippen molar-refractivity contribution in [2.45, 2.75) is 11.8 Å². The fraction of sp³-hybridized carbons (Fsp3) is 0.0769. The average Bonchev–Trinajstić information content (AvgIpc) is 2.32. The van der Waals surface area contributed by atoms with Gasteiger partial charge < -0.3 is 0 Å². The summed E-state index contributed by atoms with van der Waals surface area (Å²) in [6.45, 7) is 1.70. The molecule has 0 spiro atoms. The zero-order chi connectivity index (χ0) is 14.9. The van der Waals surface area contributed by atoms with E-state index in [1.54, 1.807) is 19.1 Å². The van der Waals surface area contributed by atoms with Crippen molar-refractivity contribution >= 4 is 38.9 Å². The number of anilines is 1. The highest BCUT2D eigenvalue weighted by atomic mass is 35.5. The van der Waals surface area contributed by atoms with Crippen molar-refractivity contribution in [2.24, 2.45) is 0 Å². The van der Waals surface area contributed by atoms with Crippen LogP contribution in [0.1, 0.15) is 5.56 Å². The quantitative estimate of drug-likeness (QED) is 0.912. The maximum Gasteiger partial charge on any atom is 0.264 e. The van der Waals surface area contributed by atoms with Crippen LogP contribution >= 0.6 is 23.2 Å². The topological polar surface area (TPSA) is 46.2 Å². The maximum absolute atomic E-state index is 13.7. The third-order valence-electron chi connectivity index (χ3n) is 2.62. The molecule has 106 valence electrons. The number of sulfonamides is 1. The number of hydrogen-bond acceptors (Lipinski definition) is 2. The van der Waals surface area contributed by atoms with E-state index in [0.717, 1.165) is 12.1 Å². The molecule has 0 fully saturated rings. The van der Waals surface area contributed by atoms with Crippen molar-refractivity contribution in [2.75, 3.05) is 4.72 Å². The van der Waals surface area contributed by atoms with Crippen LogP contribution in [0.2, 0.25) is 10.0 Å². The first-order valence-electron chi connectivity index (χ1n) is 5.53. The van der Waals surface area contributed by atoms with Crippen molar-refractivity contribution in [3.05, 3.63) is 57.8 Å². The van der Waals surface area contributed by atoms with E-state index in [9.17, 15) is 12.8 Å². The molecule has 0 saturated heterocycles. The monoisotopic (exact) mass is 333 g/mol. The van der Waals surface area contributed by atoms with Crippen molar-refractivity contribution in [3.8, 4) is 0 Å². The smallest absolute Gasteiger partial charge is 0.264 e. The summed E-state index contributed by atoms with van der Waals surface area (Å²) in [5.41, 5.74) is 0.971. The summed E-state index contributed by atoms with van der Waals surface area (Å²) in [6.07, 6.45) is 0. The molecule has 2 aromatic carbocycles. The summed E-state index contributed by atoms with van der Waals surface area (Å²) in [4.78, 5) is -0.462. The predicted octanol–water partition coefficient (Wildman–Crippen LogP) is 4.24. The minimum Gasteiger partial charge on any atom is -0.279 e. The van der Waals surface area contributed by atoms with E-state index in [0.29, 0.717) is 16.3 Å². The minimum atomic E-state index is -4.02. The molecule has 0 unspecified atom stereocenters. The van der Waals surface area contributed by atoms with Gasteiger partial charge in [0.25, 0.3) is 10.0 Å². The van der Waals surface area contributed by atoms with Crippen LogP contribution in [0.4, 0.5) is 10.1 Å². The molecule has 7 heteroatoms. The molecule has 0 bridgehead atoms. The molecule has 0 atom stereocenters. The number of aryl methyl sites for hydroxylation is 1. The number of nitrogens with one attached hydrogen (secondary N) is 1. The predicted molar refractivity (Wildman–Crippen MR) is 78.4 cm³/mol. The number of halogens is 3. The lowest BCUT2D eigenvalue weighted by molar-refractivity contribution is 0.570. The van der Waals surface area contributed by atoms with E-state index in [4.69, 9.17) is 23.2 Å². The average molecular weight is 334 g/mol. The van der Waals surface area contributed by atoms with Gasteiger partial charge in [-0.1, -0.05) is 23.2 Å². The fourth-order valence-corrected chi connectivity index (χ4v) is 3.21. The second-order valence-electron chi connectivity index (χ2n) is 4.14. The molecular weight excluding hydrogens is 324 g/mol. The largest absolute Gasteiger partial charge is 0.279 e. The van der Waals surface area contributed by atoms with Gasteiger partial charge in [-0.2, -0.15) is 0 Å². The van der Waals surface area contributed by atoms with Gasteiger partial charge in [0, 0.05) is 10.0 Å². The Balaban J connectivity index is 2.41. The molecule has 3 nitrogen and oxygen atoms in total. The van der Waals surface area contributed by atoms with Gasteiger partial charge in [-0.15, -0.1) is 0 Å². The highest BCUT2D eigenvalue weighted by molar-refractivity contribution is 7.92. The number of hydrogen-bond donors (Lipinski definition) is 1. The molecule has 0 amide bonds. The second-order valence-corrected chi connectivity index (χ2v) is 6.66. The van der Waals surface area contributed by atoms with Gasteiger partial charge in [0.05, 0.1) is 5.69 Å². The lowest BCUT2D eigenvalue weighted by atomic mass is 10.2. The zero-order valence-corrected chi connectivity index (χ0v) is 12.7. The Hall–Kier alpha value is -1.30. The van der Waals surface area contributed by atoms with E-state index < -0.39 is 20.7 Å². The molecular formula is C13H10Cl2FNO2S. The summed E-state index contributed by atoms with van der Waals surface area (Å²) >= 11 is 11.4. The van der Waals surface area contributed by atoms with E-state index in [2.05, 4.69) is 4.72 Å². The summed E-state index contributed by atoms with van der Waals surface area (Å²) in [5, 5.41) is 0.618. The Kier molecular flexibility index (Phi) is 4.22. The molecule has 2 rings (SSSR count). The summed E-state index contributed by atoms with van der Waals surface area (Å²) < 4.78 is 40.3. The molecule has 0 aliphatic carbocycles. The first-order valence-corrected chi connectivity index (χ1v) is 7.77. The molecule has 0 aromatic heterocycles. The van der Waals surface area contributed by atoms with E-state index in [-0.39, 0.29) is 5.02 Å². The van der Waals surface area contributed by atoms with Gasteiger partial charge in [-0.25, -0.2) is 12.8 Å². The van der Waals surface area contributed by atoms with Crippen molar-refractivity contribution < 1.29 is 12.8 Å². The van der Waals surface area contributed by atoms with Crippen LogP contribution in [0.3, 0.4) is 0 Å². The maximum atomic E-state index is 13.7. The van der Waals surface area contributed by atoms with Crippen LogP contribution in [0.5, 0.6) is 0 Å². The lowest BCUT2D eigenvalue weighted by Gasteiger charge is -2.11. The zero-order valence-electron chi connectivity index (χ0n) is 10.3. The van der Waals surface area contributed by atoms with Crippen LogP contribution in [-0.4, -0.2) is 8.42 Å². The third kappa shape index (κ3) is 3.23. The second kappa shape index (κ2) is 5.60. The van der Waals surface area contributed by atoms with Gasteiger partial charge >= 0.3 is 0 Å². The Labute approximate surface area is 126 Å². The number of benzene rings is 2. The summed E-state index contributed by atoms with van der Waals surface area (Å²) in [5.74, 6) is -0.906. The Morgan fingerprint density at radius 2 is 1.65 bits per heavy atom. The Morgan fingerprint density at radius 1 is 1.05 bits per heavy atom. The highest BCUT2D eigenvalue weighted by Gasteiger charge is 2.20. The van der Waals surface area contributed by atoms with E-state index in [1.165, 1.54) is 12.1 Å². The lowest BCUT2D eigenvalue weighted by Crippen LogP contribution is -2.15. The molecule has 1 N–H and O–H groups in total. The summed E-state index contributed by atoms with van der Waals surface area (Å²) in [6, 6.07) is 8.05. The molecule has 0 radical (unpaired) electrons. The first-order chi connectivity index (χ1) is 9.29. The Bertz CT molecular complexity index is 763. The van der Waals surface area contributed by atoms with Crippen molar-refractivity contribution in [1.29, 1.82) is 0 Å². The highest BCUT2D eigenvalue weighted by Crippen LogP contribution is 2.25. The van der Waals surface area contributed by atoms with E-state index in [1.807, 2.05) is 0 Å². The summed E-state index contributed by atoms with van der Waals surface area (Å²) in [7, 11) is -4.02. The van der Waals surface area contributed by atoms with Crippen molar-refractivity contribution in [3.63, 3.8) is 0 Å². The van der Waals surface area contributed by atoms with Crippen LogP contribution in [0, 0.1) is 12.7 Å². The molecule has 0 saturated carbocycles. The molecule has 0 aliphatic heterocycles. The first kappa shape index (κ1) is 15.1. The van der Waals surface area contributed by atoms with Gasteiger partial charge in [-0.05, 0) is 48.9 Å². The molecule has 2 aromatic rings. The molecule has 0 aliphatic rings. The molecule has 20 heavy (non-hydrogen) atoms. The van der Waals surface area contributed by atoms with Gasteiger partial charge in [0.2, 0.25) is 0 Å².